The van der Waals surface area contributed by atoms with Crippen LogP contribution in [0.3, 0.4) is 0 Å². The molecule has 1 saturated carbocycles. The third kappa shape index (κ3) is 5.35. The van der Waals surface area contributed by atoms with E-state index in [-0.39, 0.29) is 18.3 Å². The van der Waals surface area contributed by atoms with E-state index in [1.54, 1.807) is 11.8 Å². The molecule has 3 N–H and O–H groups in total. The molecule has 1 aromatic rings. The predicted molar refractivity (Wildman–Crippen MR) is 87.5 cm³/mol. The lowest BCUT2D eigenvalue weighted by Crippen LogP contribution is -2.41. The first-order valence-corrected chi connectivity index (χ1v) is 7.87. The SMILES string of the molecule is Cc1ccccc1SCC(=O)NC1CCC(N)CC1.Cl. The van der Waals surface area contributed by atoms with Gasteiger partial charge in [0.2, 0.25) is 5.91 Å². The highest BCUT2D eigenvalue weighted by Gasteiger charge is 2.19. The molecule has 0 spiro atoms. The molecule has 0 heterocycles. The van der Waals surface area contributed by atoms with Crippen molar-refractivity contribution in [3.63, 3.8) is 0 Å². The van der Waals surface area contributed by atoms with E-state index >= 15 is 0 Å². The monoisotopic (exact) mass is 314 g/mol. The number of amides is 1. The lowest BCUT2D eigenvalue weighted by atomic mass is 9.92. The number of rotatable bonds is 4. The highest BCUT2D eigenvalue weighted by atomic mass is 35.5. The van der Waals surface area contributed by atoms with Crippen molar-refractivity contribution < 1.29 is 4.79 Å². The molecule has 0 aliphatic heterocycles. The average molecular weight is 315 g/mol. The summed E-state index contributed by atoms with van der Waals surface area (Å²) in [7, 11) is 0. The fourth-order valence-electron chi connectivity index (χ4n) is 2.39. The number of carbonyl (C=O) groups is 1. The van der Waals surface area contributed by atoms with Gasteiger partial charge in [-0.05, 0) is 44.2 Å². The number of benzene rings is 1. The van der Waals surface area contributed by atoms with Gasteiger partial charge in [-0.25, -0.2) is 0 Å². The van der Waals surface area contributed by atoms with Gasteiger partial charge in [0, 0.05) is 17.0 Å². The maximum atomic E-state index is 11.9. The lowest BCUT2D eigenvalue weighted by Gasteiger charge is -2.26. The molecule has 1 fully saturated rings. The minimum Gasteiger partial charge on any atom is -0.353 e. The first kappa shape index (κ1) is 17.3. The van der Waals surface area contributed by atoms with Crippen LogP contribution in [-0.4, -0.2) is 23.7 Å². The fourth-order valence-corrected chi connectivity index (χ4v) is 3.23. The van der Waals surface area contributed by atoms with Gasteiger partial charge in [-0.15, -0.1) is 24.2 Å². The van der Waals surface area contributed by atoms with Crippen LogP contribution in [0.15, 0.2) is 29.2 Å². The number of hydrogen-bond acceptors (Lipinski definition) is 3. The summed E-state index contributed by atoms with van der Waals surface area (Å²) >= 11 is 1.61. The molecule has 112 valence electrons. The summed E-state index contributed by atoms with van der Waals surface area (Å²) in [6, 6.07) is 8.81. The Morgan fingerprint density at radius 2 is 1.95 bits per heavy atom. The van der Waals surface area contributed by atoms with Crippen LogP contribution in [0.25, 0.3) is 0 Å². The van der Waals surface area contributed by atoms with E-state index in [2.05, 4.69) is 24.4 Å². The molecule has 0 radical (unpaired) electrons. The molecule has 0 bridgehead atoms. The second-order valence-electron chi connectivity index (χ2n) is 5.23. The molecule has 3 nitrogen and oxygen atoms in total. The second kappa shape index (κ2) is 8.55. The molecular weight excluding hydrogens is 292 g/mol. The standard InChI is InChI=1S/C15H22N2OS.ClH/c1-11-4-2-3-5-14(11)19-10-15(18)17-13-8-6-12(16)7-9-13;/h2-5,12-13H,6-10,16H2,1H3,(H,17,18);1H. The third-order valence-corrected chi connectivity index (χ3v) is 4.76. The highest BCUT2D eigenvalue weighted by molar-refractivity contribution is 8.00. The minimum atomic E-state index is 0. The molecule has 1 aliphatic rings. The maximum absolute atomic E-state index is 11.9. The van der Waals surface area contributed by atoms with E-state index < -0.39 is 0 Å². The van der Waals surface area contributed by atoms with E-state index in [4.69, 9.17) is 5.73 Å². The van der Waals surface area contributed by atoms with Crippen molar-refractivity contribution in [3.8, 4) is 0 Å². The zero-order chi connectivity index (χ0) is 13.7. The van der Waals surface area contributed by atoms with Gasteiger partial charge in [-0.1, -0.05) is 18.2 Å². The van der Waals surface area contributed by atoms with Gasteiger partial charge in [0.25, 0.3) is 0 Å². The van der Waals surface area contributed by atoms with Gasteiger partial charge >= 0.3 is 0 Å². The van der Waals surface area contributed by atoms with Crippen LogP contribution in [0.2, 0.25) is 0 Å². The molecule has 0 aromatic heterocycles. The Kier molecular flexibility index (Phi) is 7.41. The highest BCUT2D eigenvalue weighted by Crippen LogP contribution is 2.22. The second-order valence-corrected chi connectivity index (χ2v) is 6.25. The lowest BCUT2D eigenvalue weighted by molar-refractivity contribution is -0.119. The van der Waals surface area contributed by atoms with Crippen LogP contribution in [0.5, 0.6) is 0 Å². The predicted octanol–water partition coefficient (Wildman–Crippen LogP) is 2.90. The van der Waals surface area contributed by atoms with Gasteiger partial charge < -0.3 is 11.1 Å². The van der Waals surface area contributed by atoms with E-state index in [1.165, 1.54) is 10.5 Å². The van der Waals surface area contributed by atoms with Crippen LogP contribution in [0.4, 0.5) is 0 Å². The Balaban J connectivity index is 0.00000200. The summed E-state index contributed by atoms with van der Waals surface area (Å²) in [6.45, 7) is 2.07. The summed E-state index contributed by atoms with van der Waals surface area (Å²) in [6.07, 6.45) is 4.08. The Labute approximate surface area is 131 Å². The Hall–Kier alpha value is -0.710. The normalized spacial score (nSPS) is 21.9. The summed E-state index contributed by atoms with van der Waals surface area (Å²) in [5, 5.41) is 3.11. The molecule has 1 amide bonds. The zero-order valence-corrected chi connectivity index (χ0v) is 13.4. The number of thioether (sulfide) groups is 1. The Bertz CT molecular complexity index is 434. The number of halogens is 1. The van der Waals surface area contributed by atoms with E-state index in [0.29, 0.717) is 17.8 Å². The summed E-state index contributed by atoms with van der Waals surface area (Å²) < 4.78 is 0. The van der Waals surface area contributed by atoms with Crippen molar-refractivity contribution in [1.29, 1.82) is 0 Å². The van der Waals surface area contributed by atoms with Crippen molar-refractivity contribution in [2.45, 2.75) is 49.6 Å². The molecule has 1 aromatic carbocycles. The maximum Gasteiger partial charge on any atom is 0.230 e. The number of nitrogens with one attached hydrogen (secondary N) is 1. The largest absolute Gasteiger partial charge is 0.353 e. The first-order chi connectivity index (χ1) is 9.15. The molecule has 0 unspecified atom stereocenters. The summed E-state index contributed by atoms with van der Waals surface area (Å²) in [4.78, 5) is 13.1. The molecule has 0 atom stereocenters. The van der Waals surface area contributed by atoms with E-state index in [0.717, 1.165) is 25.7 Å². The van der Waals surface area contributed by atoms with Gasteiger partial charge in [0.15, 0.2) is 0 Å². The molecule has 5 heteroatoms. The minimum absolute atomic E-state index is 0. The third-order valence-electron chi connectivity index (χ3n) is 3.59. The zero-order valence-electron chi connectivity index (χ0n) is 11.8. The molecule has 0 saturated heterocycles. The smallest absolute Gasteiger partial charge is 0.230 e. The van der Waals surface area contributed by atoms with Crippen molar-refractivity contribution in [1.82, 2.24) is 5.32 Å². The van der Waals surface area contributed by atoms with Gasteiger partial charge in [0.1, 0.15) is 0 Å². The summed E-state index contributed by atoms with van der Waals surface area (Å²) in [5.74, 6) is 0.627. The topological polar surface area (TPSA) is 55.1 Å². The Morgan fingerprint density at radius 1 is 1.30 bits per heavy atom. The van der Waals surface area contributed by atoms with Crippen LogP contribution in [0, 0.1) is 6.92 Å². The van der Waals surface area contributed by atoms with Crippen LogP contribution < -0.4 is 11.1 Å². The van der Waals surface area contributed by atoms with Crippen molar-refractivity contribution in [2.75, 3.05) is 5.75 Å². The van der Waals surface area contributed by atoms with E-state index in [1.807, 2.05) is 12.1 Å². The van der Waals surface area contributed by atoms with Crippen LogP contribution in [-0.2, 0) is 4.79 Å². The van der Waals surface area contributed by atoms with Crippen LogP contribution >= 0.6 is 24.2 Å². The molecular formula is C15H23ClN2OS. The molecule has 20 heavy (non-hydrogen) atoms. The van der Waals surface area contributed by atoms with Crippen molar-refractivity contribution in [2.24, 2.45) is 5.73 Å². The van der Waals surface area contributed by atoms with Gasteiger partial charge in [-0.3, -0.25) is 4.79 Å². The van der Waals surface area contributed by atoms with Crippen molar-refractivity contribution >= 4 is 30.1 Å². The number of carbonyl (C=O) groups excluding carboxylic acids is 1. The number of hydrogen-bond donors (Lipinski definition) is 2. The summed E-state index contributed by atoms with van der Waals surface area (Å²) in [5.41, 5.74) is 7.09. The average Bonchev–Trinajstić information content (AvgIpc) is 2.40. The van der Waals surface area contributed by atoms with Gasteiger partial charge in [-0.2, -0.15) is 0 Å². The van der Waals surface area contributed by atoms with E-state index in [9.17, 15) is 4.79 Å². The van der Waals surface area contributed by atoms with Crippen LogP contribution in [0.1, 0.15) is 31.2 Å². The Morgan fingerprint density at radius 3 is 2.60 bits per heavy atom. The fraction of sp³-hybridized carbons (Fsp3) is 0.533. The number of aryl methyl sites for hydroxylation is 1. The first-order valence-electron chi connectivity index (χ1n) is 6.88. The molecule has 1 aliphatic carbocycles. The van der Waals surface area contributed by atoms with Gasteiger partial charge in [0.05, 0.1) is 5.75 Å². The molecule has 2 rings (SSSR count). The number of nitrogens with two attached hydrogens (primary N) is 1. The quantitative estimate of drug-likeness (QED) is 0.840. The van der Waals surface area contributed by atoms with Crippen molar-refractivity contribution in [3.05, 3.63) is 29.8 Å².